The zero-order chi connectivity index (χ0) is 25.0. The minimum Gasteiger partial charge on any atom is -0.504 e. The highest BCUT2D eigenvalue weighted by Gasteiger charge is 2.33. The first-order chi connectivity index (χ1) is 16.1. The molecule has 34 heavy (non-hydrogen) atoms. The molecule has 10 nitrogen and oxygen atoms in total. The molecule has 1 fully saturated rings. The predicted octanol–water partition coefficient (Wildman–Crippen LogP) is 3.59. The van der Waals surface area contributed by atoms with Crippen LogP contribution in [0.25, 0.3) is 0 Å². The van der Waals surface area contributed by atoms with Crippen molar-refractivity contribution in [2.24, 2.45) is 10.7 Å². The average molecular weight is 548 g/mol. The number of sulfonamides is 1. The summed E-state index contributed by atoms with van der Waals surface area (Å²) in [6.07, 6.45) is 3.26. The van der Waals surface area contributed by atoms with Crippen LogP contribution in [0.2, 0.25) is 15.1 Å². The molecule has 1 atom stereocenters. The number of guanidine groups is 1. The molecule has 1 heterocycles. The fraction of sp³-hybridized carbons (Fsp3) is 0.300. The number of aliphatic imine (C=N–C) groups is 1. The molecule has 1 aliphatic heterocycles. The number of hydrogen-bond donors (Lipinski definition) is 3. The first-order valence-electron chi connectivity index (χ1n) is 9.88. The number of nitrogens with two attached hydrogens (primary N) is 1. The zero-order valence-corrected chi connectivity index (χ0v) is 21.0. The number of phenolic OH excluding ortho intramolecular Hbond substituents is 1. The van der Waals surface area contributed by atoms with Gasteiger partial charge in [-0.1, -0.05) is 40.9 Å². The Bertz CT molecular complexity index is 1250. The summed E-state index contributed by atoms with van der Waals surface area (Å²) >= 11 is 18.2. The van der Waals surface area contributed by atoms with Gasteiger partial charge in [-0.25, -0.2) is 23.3 Å². The van der Waals surface area contributed by atoms with Crippen LogP contribution in [0.3, 0.4) is 0 Å². The van der Waals surface area contributed by atoms with E-state index in [1.807, 2.05) is 0 Å². The van der Waals surface area contributed by atoms with E-state index >= 15 is 0 Å². The van der Waals surface area contributed by atoms with Crippen molar-refractivity contribution in [2.75, 3.05) is 25.2 Å². The first-order valence-corrected chi connectivity index (χ1v) is 12.5. The van der Waals surface area contributed by atoms with Crippen molar-refractivity contribution >= 4 is 62.2 Å². The predicted molar refractivity (Wildman–Crippen MR) is 131 cm³/mol. The molecule has 0 unspecified atom stereocenters. The fourth-order valence-electron chi connectivity index (χ4n) is 3.47. The third kappa shape index (κ3) is 5.50. The van der Waals surface area contributed by atoms with Crippen LogP contribution >= 0.6 is 34.8 Å². The van der Waals surface area contributed by atoms with Gasteiger partial charge in [0.2, 0.25) is 5.96 Å². The summed E-state index contributed by atoms with van der Waals surface area (Å²) in [6, 6.07) is 6.95. The van der Waals surface area contributed by atoms with Crippen LogP contribution in [0.15, 0.2) is 40.2 Å². The number of nitriles is 1. The Hall–Kier alpha value is -2.30. The van der Waals surface area contributed by atoms with Crippen molar-refractivity contribution in [2.45, 2.75) is 23.8 Å². The maximum atomic E-state index is 13.2. The second-order valence-corrected chi connectivity index (χ2v) is 10.1. The van der Waals surface area contributed by atoms with E-state index in [-0.39, 0.29) is 38.4 Å². The molecule has 0 amide bonds. The van der Waals surface area contributed by atoms with Crippen LogP contribution in [0.4, 0.5) is 11.4 Å². The molecule has 2 aromatic carbocycles. The quantitative estimate of drug-likeness (QED) is 0.206. The van der Waals surface area contributed by atoms with Crippen LogP contribution in [0.1, 0.15) is 12.8 Å². The number of benzene rings is 2. The molecule has 3 rings (SSSR count). The minimum absolute atomic E-state index is 0.106. The first kappa shape index (κ1) is 26.3. The molecule has 0 radical (unpaired) electrons. The van der Waals surface area contributed by atoms with Crippen molar-refractivity contribution in [3.63, 3.8) is 0 Å². The number of hydrazine groups is 1. The van der Waals surface area contributed by atoms with Crippen molar-refractivity contribution in [3.8, 4) is 11.9 Å². The molecule has 14 heteroatoms. The van der Waals surface area contributed by atoms with Gasteiger partial charge < -0.3 is 15.6 Å². The van der Waals surface area contributed by atoms with Crippen molar-refractivity contribution in [1.29, 1.82) is 5.26 Å². The Kier molecular flexibility index (Phi) is 8.48. The zero-order valence-electron chi connectivity index (χ0n) is 17.9. The summed E-state index contributed by atoms with van der Waals surface area (Å²) in [4.78, 5) is 6.66. The molecule has 0 bridgehead atoms. The fourth-order valence-corrected chi connectivity index (χ4v) is 5.59. The van der Waals surface area contributed by atoms with E-state index in [4.69, 9.17) is 45.3 Å². The summed E-state index contributed by atoms with van der Waals surface area (Å²) in [6.45, 7) is 0.777. The Morgan fingerprint density at radius 2 is 2.09 bits per heavy atom. The standard InChI is InChI=1S/C20H21Cl3N6O4S/c1-33-10-12-4-3-9-29(12)27-34(31,32)19-14(22)7-8-16(18(19)30)28(11-24)20(25)26-15-6-2-5-13(21)17(15)23/h2,5-8,12,27,30H,3-4,9-10H2,1H3,(H2,25,26)/t12-/m0/s1. The Morgan fingerprint density at radius 3 is 2.76 bits per heavy atom. The number of nitrogens with one attached hydrogen (secondary N) is 1. The van der Waals surface area contributed by atoms with Crippen LogP contribution in [-0.2, 0) is 14.8 Å². The van der Waals surface area contributed by atoms with Gasteiger partial charge in [0.15, 0.2) is 11.9 Å². The maximum Gasteiger partial charge on any atom is 0.258 e. The van der Waals surface area contributed by atoms with Gasteiger partial charge in [0.25, 0.3) is 10.0 Å². The number of methoxy groups -OCH3 is 1. The van der Waals surface area contributed by atoms with E-state index in [9.17, 15) is 18.8 Å². The normalized spacial score (nSPS) is 17.0. The highest BCUT2D eigenvalue weighted by molar-refractivity contribution is 7.89. The smallest absolute Gasteiger partial charge is 0.258 e. The van der Waals surface area contributed by atoms with Crippen LogP contribution in [0.5, 0.6) is 5.75 Å². The summed E-state index contributed by atoms with van der Waals surface area (Å²) in [5.74, 6) is -1.17. The summed E-state index contributed by atoms with van der Waals surface area (Å²) in [5, 5.41) is 22.1. The number of halogens is 3. The topological polar surface area (TPSA) is 144 Å². The molecule has 4 N–H and O–H groups in total. The number of phenols is 1. The number of anilines is 1. The van der Waals surface area contributed by atoms with E-state index < -0.39 is 20.7 Å². The Balaban J connectivity index is 2.00. The van der Waals surface area contributed by atoms with E-state index in [0.717, 1.165) is 17.7 Å². The molecule has 0 saturated carbocycles. The second kappa shape index (κ2) is 11.0. The molecule has 2 aromatic rings. The van der Waals surface area contributed by atoms with Crippen molar-refractivity contribution in [1.82, 2.24) is 9.84 Å². The number of aromatic hydroxyl groups is 1. The van der Waals surface area contributed by atoms with Gasteiger partial charge in [0.1, 0.15) is 10.6 Å². The lowest BCUT2D eigenvalue weighted by molar-refractivity contribution is 0.104. The lowest BCUT2D eigenvalue weighted by atomic mass is 10.2. The van der Waals surface area contributed by atoms with Crippen LogP contribution in [-0.4, -0.2) is 50.8 Å². The SMILES string of the molecule is COC[C@@H]1CCCN1NS(=O)(=O)c1c(Cl)ccc(N(C#N)C(N)=Nc2cccc(Cl)c2Cl)c1O. The van der Waals surface area contributed by atoms with Gasteiger partial charge in [0.05, 0.1) is 27.4 Å². The van der Waals surface area contributed by atoms with Gasteiger partial charge in [-0.05, 0) is 37.1 Å². The van der Waals surface area contributed by atoms with Crippen molar-refractivity contribution < 1.29 is 18.3 Å². The number of ether oxygens (including phenoxy) is 1. The average Bonchev–Trinajstić information content (AvgIpc) is 3.19. The molecule has 0 spiro atoms. The van der Waals surface area contributed by atoms with E-state index in [0.29, 0.717) is 13.2 Å². The van der Waals surface area contributed by atoms with E-state index in [2.05, 4.69) is 9.82 Å². The number of hydrogen-bond acceptors (Lipinski definition) is 7. The van der Waals surface area contributed by atoms with Gasteiger partial charge >= 0.3 is 0 Å². The lowest BCUT2D eigenvalue weighted by Gasteiger charge is -2.25. The highest BCUT2D eigenvalue weighted by atomic mass is 35.5. The van der Waals surface area contributed by atoms with Gasteiger partial charge in [-0.2, -0.15) is 5.26 Å². The third-order valence-corrected chi connectivity index (χ3v) is 7.70. The molecule has 182 valence electrons. The number of rotatable bonds is 7. The lowest BCUT2D eigenvalue weighted by Crippen LogP contribution is -2.46. The molecule has 1 saturated heterocycles. The van der Waals surface area contributed by atoms with Crippen LogP contribution in [0, 0.1) is 11.5 Å². The molecular formula is C20H21Cl3N6O4S. The summed E-state index contributed by atoms with van der Waals surface area (Å²) < 4.78 is 31.4. The summed E-state index contributed by atoms with van der Waals surface area (Å²) in [5.41, 5.74) is 5.91. The monoisotopic (exact) mass is 546 g/mol. The van der Waals surface area contributed by atoms with Gasteiger partial charge in [0, 0.05) is 19.7 Å². The van der Waals surface area contributed by atoms with Crippen molar-refractivity contribution in [3.05, 3.63) is 45.4 Å². The van der Waals surface area contributed by atoms with E-state index in [1.165, 1.54) is 30.3 Å². The third-order valence-electron chi connectivity index (χ3n) is 5.04. The van der Waals surface area contributed by atoms with Gasteiger partial charge in [-0.3, -0.25) is 0 Å². The molecular weight excluding hydrogens is 527 g/mol. The minimum atomic E-state index is -4.33. The highest BCUT2D eigenvalue weighted by Crippen LogP contribution is 2.39. The number of nitrogens with zero attached hydrogens (tertiary/aromatic N) is 4. The molecule has 0 aliphatic carbocycles. The summed E-state index contributed by atoms with van der Waals surface area (Å²) in [7, 11) is -2.81. The van der Waals surface area contributed by atoms with E-state index in [1.54, 1.807) is 18.3 Å². The van der Waals surface area contributed by atoms with Crippen LogP contribution < -0.4 is 15.5 Å². The Labute approximate surface area is 212 Å². The Morgan fingerprint density at radius 1 is 1.35 bits per heavy atom. The molecule has 1 aliphatic rings. The largest absolute Gasteiger partial charge is 0.504 e. The second-order valence-electron chi connectivity index (χ2n) is 7.26. The van der Waals surface area contributed by atoms with Gasteiger partial charge in [-0.15, -0.1) is 4.83 Å². The maximum absolute atomic E-state index is 13.2. The molecule has 0 aromatic heterocycles.